The molecule has 1 aromatic heterocycles. The van der Waals surface area contributed by atoms with Crippen LogP contribution in [0.2, 0.25) is 0 Å². The van der Waals surface area contributed by atoms with Gasteiger partial charge in [-0.3, -0.25) is 14.6 Å². The number of carbonyl (C=O) groups is 2. The Hall–Kier alpha value is -2.47. The molecule has 4 heterocycles. The third-order valence-electron chi connectivity index (χ3n) is 6.84. The molecule has 3 aliphatic rings. The fourth-order valence-corrected chi connectivity index (χ4v) is 5.42. The van der Waals surface area contributed by atoms with Gasteiger partial charge in [-0.1, -0.05) is 26.0 Å². The summed E-state index contributed by atoms with van der Waals surface area (Å²) in [6, 6.07) is 7.73. The van der Waals surface area contributed by atoms with Gasteiger partial charge < -0.3 is 14.5 Å². The number of aryl methyl sites for hydroxylation is 2. The van der Waals surface area contributed by atoms with Gasteiger partial charge in [-0.05, 0) is 37.5 Å². The van der Waals surface area contributed by atoms with Gasteiger partial charge in [0.2, 0.25) is 5.91 Å². The fourth-order valence-electron chi connectivity index (χ4n) is 5.42. The van der Waals surface area contributed by atoms with Crippen LogP contribution in [-0.4, -0.2) is 57.6 Å². The van der Waals surface area contributed by atoms with Crippen LogP contribution in [-0.2, 0) is 9.53 Å². The van der Waals surface area contributed by atoms with Gasteiger partial charge in [-0.25, -0.2) is 0 Å². The summed E-state index contributed by atoms with van der Waals surface area (Å²) >= 11 is 0. The summed E-state index contributed by atoms with van der Waals surface area (Å²) in [6.07, 6.45) is 1.02. The minimum atomic E-state index is -0.643. The largest absolute Gasteiger partial charge is 0.351 e. The predicted octanol–water partition coefficient (Wildman–Crippen LogP) is 3.05. The standard InChI is InChI=1S/C23H27N3O3/c1-13(2)19-12-29-23-7-8-25(20(23)11-21(27)26(19)23)22(28)17-10-15(4)24-18-9-14(3)5-6-16(17)18/h5-6,9-10,13,19-20H,7-8,11-12H2,1-4H3/t19-,20+,23-/m0/s1. The Balaban J connectivity index is 1.53. The molecule has 0 radical (unpaired) electrons. The topological polar surface area (TPSA) is 62.7 Å². The lowest BCUT2D eigenvalue weighted by Crippen LogP contribution is -2.51. The quantitative estimate of drug-likeness (QED) is 0.787. The highest BCUT2D eigenvalue weighted by Crippen LogP contribution is 2.49. The summed E-state index contributed by atoms with van der Waals surface area (Å²) < 4.78 is 6.27. The van der Waals surface area contributed by atoms with E-state index in [9.17, 15) is 9.59 Å². The van der Waals surface area contributed by atoms with Crippen molar-refractivity contribution in [3.05, 3.63) is 41.1 Å². The number of rotatable bonds is 2. The average molecular weight is 393 g/mol. The molecule has 6 nitrogen and oxygen atoms in total. The van der Waals surface area contributed by atoms with Crippen LogP contribution in [0, 0.1) is 19.8 Å². The number of hydrogen-bond acceptors (Lipinski definition) is 4. The van der Waals surface area contributed by atoms with Crippen molar-refractivity contribution in [2.45, 2.75) is 58.3 Å². The lowest BCUT2D eigenvalue weighted by atomic mass is 10.0. The molecule has 29 heavy (non-hydrogen) atoms. The van der Waals surface area contributed by atoms with Crippen LogP contribution in [0.5, 0.6) is 0 Å². The van der Waals surface area contributed by atoms with E-state index in [4.69, 9.17) is 4.74 Å². The lowest BCUT2D eigenvalue weighted by molar-refractivity contribution is -0.139. The Morgan fingerprint density at radius 2 is 2.07 bits per heavy atom. The smallest absolute Gasteiger partial charge is 0.255 e. The molecule has 1 aromatic carbocycles. The molecule has 152 valence electrons. The molecular formula is C23H27N3O3. The second-order valence-electron chi connectivity index (χ2n) is 9.03. The van der Waals surface area contributed by atoms with Gasteiger partial charge in [-0.15, -0.1) is 0 Å². The molecular weight excluding hydrogens is 366 g/mol. The molecule has 3 saturated heterocycles. The number of ether oxygens (including phenoxy) is 1. The van der Waals surface area contributed by atoms with E-state index >= 15 is 0 Å². The summed E-state index contributed by atoms with van der Waals surface area (Å²) in [5.74, 6) is 0.407. The van der Waals surface area contributed by atoms with Crippen molar-refractivity contribution >= 4 is 22.7 Å². The first kappa shape index (κ1) is 18.6. The third-order valence-corrected chi connectivity index (χ3v) is 6.84. The summed E-state index contributed by atoms with van der Waals surface area (Å²) in [6.45, 7) is 9.35. The Labute approximate surface area is 170 Å². The van der Waals surface area contributed by atoms with E-state index in [0.717, 1.165) is 22.2 Å². The summed E-state index contributed by atoms with van der Waals surface area (Å²) in [5, 5.41) is 0.862. The van der Waals surface area contributed by atoms with Crippen molar-refractivity contribution in [3.8, 4) is 0 Å². The maximum Gasteiger partial charge on any atom is 0.255 e. The van der Waals surface area contributed by atoms with E-state index in [1.165, 1.54) is 0 Å². The molecule has 2 amide bonds. The second kappa shape index (κ2) is 6.26. The number of benzene rings is 1. The van der Waals surface area contributed by atoms with Crippen molar-refractivity contribution in [1.29, 1.82) is 0 Å². The van der Waals surface area contributed by atoms with Crippen LogP contribution in [0.3, 0.4) is 0 Å². The minimum absolute atomic E-state index is 0.0301. The Morgan fingerprint density at radius 3 is 2.83 bits per heavy atom. The van der Waals surface area contributed by atoms with Gasteiger partial charge in [0.15, 0.2) is 5.72 Å². The van der Waals surface area contributed by atoms with Crippen LogP contribution in [0.1, 0.15) is 48.3 Å². The molecule has 1 spiro atoms. The van der Waals surface area contributed by atoms with Crippen molar-refractivity contribution in [2.75, 3.05) is 13.2 Å². The van der Waals surface area contributed by atoms with Gasteiger partial charge in [0.25, 0.3) is 5.91 Å². The third kappa shape index (κ3) is 2.54. The summed E-state index contributed by atoms with van der Waals surface area (Å²) in [4.78, 5) is 35.0. The number of aromatic nitrogens is 1. The Morgan fingerprint density at radius 1 is 1.28 bits per heavy atom. The number of amides is 2. The van der Waals surface area contributed by atoms with Crippen LogP contribution < -0.4 is 0 Å². The highest BCUT2D eigenvalue weighted by atomic mass is 16.5. The van der Waals surface area contributed by atoms with Gasteiger partial charge in [0.1, 0.15) is 0 Å². The highest BCUT2D eigenvalue weighted by Gasteiger charge is 2.65. The van der Waals surface area contributed by atoms with Crippen molar-refractivity contribution in [2.24, 2.45) is 5.92 Å². The van der Waals surface area contributed by atoms with Gasteiger partial charge in [0.05, 0.1) is 36.2 Å². The second-order valence-corrected chi connectivity index (χ2v) is 9.03. The zero-order valence-corrected chi connectivity index (χ0v) is 17.4. The van der Waals surface area contributed by atoms with Crippen LogP contribution >= 0.6 is 0 Å². The number of hydrogen-bond donors (Lipinski definition) is 0. The van der Waals surface area contributed by atoms with Gasteiger partial charge >= 0.3 is 0 Å². The number of likely N-dealkylation sites (tertiary alicyclic amines) is 1. The summed E-state index contributed by atoms with van der Waals surface area (Å²) in [7, 11) is 0. The van der Waals surface area contributed by atoms with Gasteiger partial charge in [0, 0.05) is 24.0 Å². The highest BCUT2D eigenvalue weighted by molar-refractivity contribution is 6.07. The molecule has 6 heteroatoms. The normalized spacial score (nSPS) is 28.5. The Kier molecular flexibility index (Phi) is 4.01. The molecule has 5 rings (SSSR count). The minimum Gasteiger partial charge on any atom is -0.351 e. The predicted molar refractivity (Wildman–Crippen MR) is 109 cm³/mol. The molecule has 0 unspecified atom stereocenters. The van der Waals surface area contributed by atoms with E-state index in [-0.39, 0.29) is 23.9 Å². The first-order valence-electron chi connectivity index (χ1n) is 10.5. The first-order chi connectivity index (χ1) is 13.8. The van der Waals surface area contributed by atoms with Crippen molar-refractivity contribution in [3.63, 3.8) is 0 Å². The van der Waals surface area contributed by atoms with Crippen molar-refractivity contribution in [1.82, 2.24) is 14.8 Å². The van der Waals surface area contributed by atoms with Crippen molar-refractivity contribution < 1.29 is 14.3 Å². The Bertz CT molecular complexity index is 1030. The summed E-state index contributed by atoms with van der Waals surface area (Å²) in [5.41, 5.74) is 2.79. The number of pyridine rings is 1. The average Bonchev–Trinajstić information content (AvgIpc) is 3.29. The van der Waals surface area contributed by atoms with E-state index in [2.05, 4.69) is 18.8 Å². The molecule has 3 atom stereocenters. The molecule has 0 bridgehead atoms. The molecule has 3 fully saturated rings. The number of nitrogens with zero attached hydrogens (tertiary/aromatic N) is 3. The lowest BCUT2D eigenvalue weighted by Gasteiger charge is -2.34. The molecule has 0 N–H and O–H groups in total. The van der Waals surface area contributed by atoms with Gasteiger partial charge in [-0.2, -0.15) is 0 Å². The number of fused-ring (bicyclic) bond motifs is 1. The van der Waals surface area contributed by atoms with E-state index in [1.807, 2.05) is 47.9 Å². The van der Waals surface area contributed by atoms with E-state index in [0.29, 0.717) is 37.5 Å². The van der Waals surface area contributed by atoms with E-state index < -0.39 is 5.72 Å². The molecule has 3 aliphatic heterocycles. The van der Waals surface area contributed by atoms with Crippen LogP contribution in [0.15, 0.2) is 24.3 Å². The van der Waals surface area contributed by atoms with E-state index in [1.54, 1.807) is 0 Å². The van der Waals surface area contributed by atoms with Crippen LogP contribution in [0.4, 0.5) is 0 Å². The maximum atomic E-state index is 13.7. The SMILES string of the molecule is Cc1ccc2c(C(=O)N3CC[C@@]45OC[C@@H](C(C)C)N4C(=O)C[C@@H]35)cc(C)nc2c1. The zero-order valence-electron chi connectivity index (χ0n) is 17.4. The first-order valence-corrected chi connectivity index (χ1v) is 10.5. The number of carbonyl (C=O) groups excluding carboxylic acids is 2. The van der Waals surface area contributed by atoms with Crippen LogP contribution in [0.25, 0.3) is 10.9 Å². The molecule has 0 saturated carbocycles. The maximum absolute atomic E-state index is 13.7. The molecule has 2 aromatic rings. The fraction of sp³-hybridized carbons (Fsp3) is 0.522. The monoisotopic (exact) mass is 393 g/mol. The molecule has 0 aliphatic carbocycles. The zero-order chi connectivity index (χ0) is 20.5.